The highest BCUT2D eigenvalue weighted by Crippen LogP contribution is 2.24. The number of ether oxygens (including phenoxy) is 2. The third-order valence-corrected chi connectivity index (χ3v) is 5.03. The fraction of sp³-hybridized carbons (Fsp3) is 0.429. The van der Waals surface area contributed by atoms with Gasteiger partial charge in [-0.15, -0.1) is 12.4 Å². The number of rotatable bonds is 6. The molecule has 0 amide bonds. The molecule has 4 nitrogen and oxygen atoms in total. The first kappa shape index (κ1) is 22.2. The first-order valence-corrected chi connectivity index (χ1v) is 9.77. The van der Waals surface area contributed by atoms with Crippen molar-refractivity contribution in [3.63, 3.8) is 0 Å². The maximum atomic E-state index is 10.4. The average molecular weight is 457 g/mol. The Bertz CT molecular complexity index is 706. The summed E-state index contributed by atoms with van der Waals surface area (Å²) in [6.45, 7) is 7.25. The van der Waals surface area contributed by atoms with Gasteiger partial charge in [-0.2, -0.15) is 0 Å². The monoisotopic (exact) mass is 455 g/mol. The SMILES string of the molecule is Cc1cc(C)cc(OCC(O)CN2CCOC(c3ccc(Br)cc3)C2)c1.Cl. The molecular weight excluding hydrogens is 430 g/mol. The van der Waals surface area contributed by atoms with Gasteiger partial charge in [-0.05, 0) is 54.8 Å². The number of halogens is 2. The lowest BCUT2D eigenvalue weighted by Crippen LogP contribution is -2.43. The third-order valence-electron chi connectivity index (χ3n) is 4.50. The summed E-state index contributed by atoms with van der Waals surface area (Å²) in [5, 5.41) is 10.4. The van der Waals surface area contributed by atoms with E-state index in [0.29, 0.717) is 19.8 Å². The van der Waals surface area contributed by atoms with Crippen molar-refractivity contribution in [2.24, 2.45) is 0 Å². The minimum Gasteiger partial charge on any atom is -0.491 e. The van der Waals surface area contributed by atoms with Gasteiger partial charge in [0.15, 0.2) is 0 Å². The summed E-state index contributed by atoms with van der Waals surface area (Å²) in [5.74, 6) is 0.816. The van der Waals surface area contributed by atoms with Gasteiger partial charge >= 0.3 is 0 Å². The van der Waals surface area contributed by atoms with E-state index in [-0.39, 0.29) is 18.5 Å². The van der Waals surface area contributed by atoms with Crippen LogP contribution >= 0.6 is 28.3 Å². The van der Waals surface area contributed by atoms with Gasteiger partial charge in [-0.25, -0.2) is 0 Å². The van der Waals surface area contributed by atoms with Crippen LogP contribution in [-0.4, -0.2) is 49.0 Å². The first-order chi connectivity index (χ1) is 12.5. The lowest BCUT2D eigenvalue weighted by atomic mass is 10.1. The summed E-state index contributed by atoms with van der Waals surface area (Å²) < 4.78 is 12.7. The predicted octanol–water partition coefficient (Wildman–Crippen LogP) is 4.30. The molecule has 2 aromatic carbocycles. The van der Waals surface area contributed by atoms with Crippen LogP contribution in [0, 0.1) is 13.8 Å². The van der Waals surface area contributed by atoms with Gasteiger partial charge in [-0.3, -0.25) is 4.90 Å². The van der Waals surface area contributed by atoms with Gasteiger partial charge in [0, 0.05) is 24.1 Å². The largest absolute Gasteiger partial charge is 0.491 e. The maximum absolute atomic E-state index is 10.4. The molecule has 0 spiro atoms. The van der Waals surface area contributed by atoms with Gasteiger partial charge in [-0.1, -0.05) is 34.1 Å². The van der Waals surface area contributed by atoms with Crippen molar-refractivity contribution in [3.8, 4) is 5.75 Å². The molecule has 1 fully saturated rings. The second kappa shape index (κ2) is 10.4. The number of morpholine rings is 1. The number of hydrogen-bond acceptors (Lipinski definition) is 4. The van der Waals surface area contributed by atoms with E-state index in [1.54, 1.807) is 0 Å². The molecule has 2 atom stereocenters. The highest BCUT2D eigenvalue weighted by molar-refractivity contribution is 9.10. The van der Waals surface area contributed by atoms with Crippen molar-refractivity contribution in [1.82, 2.24) is 4.90 Å². The Morgan fingerprint density at radius 3 is 2.52 bits per heavy atom. The van der Waals surface area contributed by atoms with Crippen molar-refractivity contribution >= 4 is 28.3 Å². The van der Waals surface area contributed by atoms with Gasteiger partial charge in [0.1, 0.15) is 18.5 Å². The normalized spacial score (nSPS) is 18.6. The number of benzene rings is 2. The van der Waals surface area contributed by atoms with E-state index in [2.05, 4.69) is 39.0 Å². The summed E-state index contributed by atoms with van der Waals surface area (Å²) in [4.78, 5) is 2.24. The molecule has 0 aromatic heterocycles. The van der Waals surface area contributed by atoms with Crippen molar-refractivity contribution in [2.75, 3.05) is 32.8 Å². The van der Waals surface area contributed by atoms with E-state index in [0.717, 1.165) is 23.3 Å². The first-order valence-electron chi connectivity index (χ1n) is 8.98. The van der Waals surface area contributed by atoms with Gasteiger partial charge < -0.3 is 14.6 Å². The highest BCUT2D eigenvalue weighted by Gasteiger charge is 2.23. The molecule has 0 radical (unpaired) electrons. The van der Waals surface area contributed by atoms with Crippen LogP contribution in [0.15, 0.2) is 46.9 Å². The molecule has 1 aliphatic rings. The zero-order chi connectivity index (χ0) is 18.5. The summed E-state index contributed by atoms with van der Waals surface area (Å²) in [6, 6.07) is 14.3. The molecule has 148 valence electrons. The lowest BCUT2D eigenvalue weighted by Gasteiger charge is -2.34. The highest BCUT2D eigenvalue weighted by atomic mass is 79.9. The maximum Gasteiger partial charge on any atom is 0.119 e. The number of aliphatic hydroxyl groups excluding tert-OH is 1. The van der Waals surface area contributed by atoms with Crippen LogP contribution in [0.25, 0.3) is 0 Å². The Kier molecular flexibility index (Phi) is 8.58. The van der Waals surface area contributed by atoms with Crippen LogP contribution in [-0.2, 0) is 4.74 Å². The van der Waals surface area contributed by atoms with E-state index in [4.69, 9.17) is 9.47 Å². The molecule has 0 saturated carbocycles. The molecule has 2 unspecified atom stereocenters. The minimum atomic E-state index is -0.528. The Hall–Kier alpha value is -1.11. The Labute approximate surface area is 176 Å². The van der Waals surface area contributed by atoms with Gasteiger partial charge in [0.25, 0.3) is 0 Å². The lowest BCUT2D eigenvalue weighted by molar-refractivity contribution is -0.0459. The standard InChI is InChI=1S/C21H26BrNO3.ClH/c1-15-9-16(2)11-20(10-15)26-14-19(24)12-23-7-8-25-21(13-23)17-3-5-18(22)6-4-17;/h3-6,9-11,19,21,24H,7-8,12-14H2,1-2H3;1H. The zero-order valence-corrected chi connectivity index (χ0v) is 18.1. The van der Waals surface area contributed by atoms with Crippen molar-refractivity contribution in [1.29, 1.82) is 0 Å². The van der Waals surface area contributed by atoms with Crippen molar-refractivity contribution in [2.45, 2.75) is 26.1 Å². The molecule has 1 saturated heterocycles. The summed E-state index contributed by atoms with van der Waals surface area (Å²) in [7, 11) is 0. The molecule has 0 bridgehead atoms. The Balaban J connectivity index is 0.00000261. The molecule has 1 heterocycles. The van der Waals surface area contributed by atoms with E-state index in [1.807, 2.05) is 38.1 Å². The number of hydrogen-bond donors (Lipinski definition) is 1. The second-order valence-corrected chi connectivity index (χ2v) is 7.87. The molecule has 0 aliphatic carbocycles. The topological polar surface area (TPSA) is 41.9 Å². The molecule has 27 heavy (non-hydrogen) atoms. The summed E-state index contributed by atoms with van der Waals surface area (Å²) in [5.41, 5.74) is 3.50. The zero-order valence-electron chi connectivity index (χ0n) is 15.7. The number of aliphatic hydroxyl groups is 1. The van der Waals surface area contributed by atoms with E-state index >= 15 is 0 Å². The van der Waals surface area contributed by atoms with Crippen LogP contribution in [0.1, 0.15) is 22.8 Å². The number of β-amino-alcohol motifs (C(OH)–C–C–N with tert-alkyl or cyclic N) is 1. The average Bonchev–Trinajstić information content (AvgIpc) is 2.60. The van der Waals surface area contributed by atoms with E-state index in [1.165, 1.54) is 16.7 Å². The second-order valence-electron chi connectivity index (χ2n) is 6.96. The quantitative estimate of drug-likeness (QED) is 0.704. The van der Waals surface area contributed by atoms with Gasteiger partial charge in [0.2, 0.25) is 0 Å². The third kappa shape index (κ3) is 6.77. The fourth-order valence-electron chi connectivity index (χ4n) is 3.31. The number of aryl methyl sites for hydroxylation is 2. The molecule has 1 aliphatic heterocycles. The predicted molar refractivity (Wildman–Crippen MR) is 114 cm³/mol. The van der Waals surface area contributed by atoms with Gasteiger partial charge in [0.05, 0.1) is 12.7 Å². The van der Waals surface area contributed by atoms with Crippen LogP contribution in [0.5, 0.6) is 5.75 Å². The van der Waals surface area contributed by atoms with E-state index < -0.39 is 6.10 Å². The van der Waals surface area contributed by atoms with E-state index in [9.17, 15) is 5.11 Å². The van der Waals surface area contributed by atoms with Crippen LogP contribution in [0.3, 0.4) is 0 Å². The summed E-state index contributed by atoms with van der Waals surface area (Å²) >= 11 is 3.46. The van der Waals surface area contributed by atoms with Crippen molar-refractivity contribution in [3.05, 3.63) is 63.6 Å². The smallest absolute Gasteiger partial charge is 0.119 e. The summed E-state index contributed by atoms with van der Waals surface area (Å²) in [6.07, 6.45) is -0.483. The molecule has 2 aromatic rings. The van der Waals surface area contributed by atoms with Crippen LogP contribution in [0.4, 0.5) is 0 Å². The van der Waals surface area contributed by atoms with Crippen LogP contribution in [0.2, 0.25) is 0 Å². The molecule has 6 heteroatoms. The number of nitrogens with zero attached hydrogens (tertiary/aromatic N) is 1. The fourth-order valence-corrected chi connectivity index (χ4v) is 3.57. The van der Waals surface area contributed by atoms with Crippen molar-refractivity contribution < 1.29 is 14.6 Å². The molecule has 3 rings (SSSR count). The Morgan fingerprint density at radius 2 is 1.85 bits per heavy atom. The minimum absolute atomic E-state index is 0. The Morgan fingerprint density at radius 1 is 1.19 bits per heavy atom. The molecular formula is C21H27BrClNO3. The van der Waals surface area contributed by atoms with Crippen LogP contribution < -0.4 is 4.74 Å². The molecule has 1 N–H and O–H groups in total.